The highest BCUT2D eigenvalue weighted by atomic mass is 16.2. The average molecular weight is 216 g/mol. The Bertz CT molecular complexity index is 127. The molecule has 0 aromatic heterocycles. The molecule has 0 saturated carbocycles. The Kier molecular flexibility index (Phi) is 10.3. The van der Waals surface area contributed by atoms with Crippen LogP contribution in [0.1, 0.15) is 46.0 Å². The minimum atomic E-state index is 0.321. The molecular weight excluding hydrogens is 188 g/mol. The van der Waals surface area contributed by atoms with Crippen molar-refractivity contribution in [3.8, 4) is 0 Å². The van der Waals surface area contributed by atoms with E-state index in [-0.39, 0.29) is 0 Å². The molecule has 0 aromatic rings. The first-order valence-corrected chi connectivity index (χ1v) is 6.35. The zero-order chi connectivity index (χ0) is 11.5. The van der Waals surface area contributed by atoms with Gasteiger partial charge in [0.05, 0.1) is 0 Å². The molecule has 0 aliphatic heterocycles. The van der Waals surface area contributed by atoms with Gasteiger partial charge in [0.25, 0.3) is 0 Å². The first-order valence-electron chi connectivity index (χ1n) is 6.35. The van der Waals surface area contributed by atoms with Gasteiger partial charge in [0, 0.05) is 25.7 Å². The fourth-order valence-corrected chi connectivity index (χ4v) is 2.05. The molecule has 3 heteroatoms. The van der Waals surface area contributed by atoms with E-state index >= 15 is 0 Å². The lowest BCUT2D eigenvalue weighted by Gasteiger charge is -2.30. The van der Waals surface area contributed by atoms with Crippen LogP contribution in [0.2, 0.25) is 0 Å². The summed E-state index contributed by atoms with van der Waals surface area (Å²) in [7, 11) is 0. The molecule has 0 saturated heterocycles. The third-order valence-corrected chi connectivity index (χ3v) is 2.98. The van der Waals surface area contributed by atoms with Crippen LogP contribution in [0, 0.1) is 0 Å². The number of hydrogen-bond acceptors (Lipinski definition) is 3. The van der Waals surface area contributed by atoms with E-state index in [1.165, 1.54) is 19.3 Å². The predicted molar refractivity (Wildman–Crippen MR) is 65.9 cm³/mol. The normalized spacial score (nSPS) is 11.6. The highest BCUT2D eigenvalue weighted by Crippen LogP contribution is 2.09. The quantitative estimate of drug-likeness (QED) is 0.545. The topological polar surface area (TPSA) is 49.5 Å². The lowest BCUT2D eigenvalue weighted by atomic mass is 10.1. The summed E-state index contributed by atoms with van der Waals surface area (Å²) in [6, 6.07) is 0.683. The Morgan fingerprint density at radius 2 is 1.73 bits per heavy atom. The van der Waals surface area contributed by atoms with Crippen molar-refractivity contribution in [1.82, 2.24) is 4.90 Å². The molecule has 92 valence electrons. The third kappa shape index (κ3) is 6.88. The molecule has 0 radical (unpaired) electrons. The summed E-state index contributed by atoms with van der Waals surface area (Å²) < 4.78 is 0. The Balaban J connectivity index is 3.80. The molecule has 0 amide bonds. The fraction of sp³-hybridized carbons (Fsp3) is 1.00. The Morgan fingerprint density at radius 1 is 1.07 bits per heavy atom. The van der Waals surface area contributed by atoms with Crippen LogP contribution in [0.15, 0.2) is 0 Å². The van der Waals surface area contributed by atoms with Crippen LogP contribution in [0.4, 0.5) is 0 Å². The number of hydrogen-bond donors (Lipinski definition) is 2. The van der Waals surface area contributed by atoms with E-state index in [1.807, 2.05) is 0 Å². The maximum atomic E-state index is 8.70. The summed E-state index contributed by atoms with van der Waals surface area (Å²) in [5.74, 6) is 0. The molecule has 0 atom stereocenters. The van der Waals surface area contributed by atoms with Crippen molar-refractivity contribution < 1.29 is 5.11 Å². The van der Waals surface area contributed by atoms with Crippen molar-refractivity contribution in [3.05, 3.63) is 0 Å². The number of unbranched alkanes of at least 4 members (excludes halogenated alkanes) is 2. The van der Waals surface area contributed by atoms with E-state index in [0.717, 1.165) is 32.5 Å². The standard InChI is InChI=1S/C12H28N2O/c1-3-12(4-2)14(10-8-13)9-6-5-7-11-15/h12,15H,3-11,13H2,1-2H3. The first kappa shape index (κ1) is 14.9. The molecular formula is C12H28N2O. The molecule has 0 spiro atoms. The van der Waals surface area contributed by atoms with Gasteiger partial charge in [-0.2, -0.15) is 0 Å². The molecule has 3 nitrogen and oxygen atoms in total. The van der Waals surface area contributed by atoms with Crippen LogP contribution in [0.25, 0.3) is 0 Å². The summed E-state index contributed by atoms with van der Waals surface area (Å²) in [5, 5.41) is 8.70. The second-order valence-electron chi connectivity index (χ2n) is 4.08. The highest BCUT2D eigenvalue weighted by molar-refractivity contribution is 4.69. The van der Waals surface area contributed by atoms with E-state index in [2.05, 4.69) is 18.7 Å². The first-order chi connectivity index (χ1) is 7.29. The van der Waals surface area contributed by atoms with E-state index in [0.29, 0.717) is 12.6 Å². The number of rotatable bonds is 10. The largest absolute Gasteiger partial charge is 0.396 e. The minimum Gasteiger partial charge on any atom is -0.396 e. The van der Waals surface area contributed by atoms with Gasteiger partial charge in [-0.25, -0.2) is 0 Å². The summed E-state index contributed by atoms with van der Waals surface area (Å²) in [6.45, 7) is 7.68. The monoisotopic (exact) mass is 216 g/mol. The van der Waals surface area contributed by atoms with Gasteiger partial charge in [0.15, 0.2) is 0 Å². The van der Waals surface area contributed by atoms with E-state index in [9.17, 15) is 0 Å². The van der Waals surface area contributed by atoms with Gasteiger partial charge < -0.3 is 10.8 Å². The number of aliphatic hydroxyl groups is 1. The van der Waals surface area contributed by atoms with Gasteiger partial charge >= 0.3 is 0 Å². The molecule has 0 aromatic carbocycles. The molecule has 15 heavy (non-hydrogen) atoms. The summed E-state index contributed by atoms with van der Waals surface area (Å²) in [6.07, 6.45) is 5.64. The molecule has 0 bridgehead atoms. The van der Waals surface area contributed by atoms with Crippen molar-refractivity contribution >= 4 is 0 Å². The van der Waals surface area contributed by atoms with Crippen LogP contribution < -0.4 is 5.73 Å². The van der Waals surface area contributed by atoms with E-state index < -0.39 is 0 Å². The SMILES string of the molecule is CCC(CC)N(CCN)CCCCCO. The van der Waals surface area contributed by atoms with Gasteiger partial charge in [0.1, 0.15) is 0 Å². The van der Waals surface area contributed by atoms with Gasteiger partial charge in [0.2, 0.25) is 0 Å². The van der Waals surface area contributed by atoms with Crippen LogP contribution in [0.5, 0.6) is 0 Å². The highest BCUT2D eigenvalue weighted by Gasteiger charge is 2.13. The van der Waals surface area contributed by atoms with Crippen molar-refractivity contribution in [2.24, 2.45) is 5.73 Å². The Morgan fingerprint density at radius 3 is 2.20 bits per heavy atom. The second kappa shape index (κ2) is 10.4. The molecule has 3 N–H and O–H groups in total. The summed E-state index contributed by atoms with van der Waals surface area (Å²) >= 11 is 0. The number of nitrogens with zero attached hydrogens (tertiary/aromatic N) is 1. The van der Waals surface area contributed by atoms with Gasteiger partial charge in [-0.15, -0.1) is 0 Å². The average Bonchev–Trinajstić information content (AvgIpc) is 2.26. The van der Waals surface area contributed by atoms with Crippen molar-refractivity contribution in [2.45, 2.75) is 52.0 Å². The van der Waals surface area contributed by atoms with Crippen LogP contribution >= 0.6 is 0 Å². The van der Waals surface area contributed by atoms with Crippen molar-refractivity contribution in [1.29, 1.82) is 0 Å². The Hall–Kier alpha value is -0.120. The molecule has 0 aliphatic carbocycles. The lowest BCUT2D eigenvalue weighted by molar-refractivity contribution is 0.184. The molecule has 0 fully saturated rings. The van der Waals surface area contributed by atoms with Crippen molar-refractivity contribution in [3.63, 3.8) is 0 Å². The van der Waals surface area contributed by atoms with Gasteiger partial charge in [-0.1, -0.05) is 13.8 Å². The number of aliphatic hydroxyl groups excluding tert-OH is 1. The fourth-order valence-electron chi connectivity index (χ4n) is 2.05. The zero-order valence-electron chi connectivity index (χ0n) is 10.4. The van der Waals surface area contributed by atoms with Gasteiger partial charge in [-0.05, 0) is 38.6 Å². The molecule has 0 rings (SSSR count). The van der Waals surface area contributed by atoms with Crippen LogP contribution in [-0.4, -0.2) is 42.3 Å². The maximum Gasteiger partial charge on any atom is 0.0431 e. The number of nitrogens with two attached hydrogens (primary N) is 1. The van der Waals surface area contributed by atoms with E-state index in [4.69, 9.17) is 10.8 Å². The van der Waals surface area contributed by atoms with E-state index in [1.54, 1.807) is 0 Å². The van der Waals surface area contributed by atoms with Crippen molar-refractivity contribution in [2.75, 3.05) is 26.2 Å². The molecule has 0 heterocycles. The smallest absolute Gasteiger partial charge is 0.0431 e. The summed E-state index contributed by atoms with van der Waals surface area (Å²) in [4.78, 5) is 2.50. The second-order valence-corrected chi connectivity index (χ2v) is 4.08. The molecule has 0 aliphatic rings. The minimum absolute atomic E-state index is 0.321. The molecule has 0 unspecified atom stereocenters. The zero-order valence-corrected chi connectivity index (χ0v) is 10.4. The van der Waals surface area contributed by atoms with Gasteiger partial charge in [-0.3, -0.25) is 4.90 Å². The predicted octanol–water partition coefficient (Wildman–Crippen LogP) is 1.60. The summed E-state index contributed by atoms with van der Waals surface area (Å²) in [5.41, 5.74) is 5.63. The lowest BCUT2D eigenvalue weighted by Crippen LogP contribution is -2.38. The maximum absolute atomic E-state index is 8.70. The Labute approximate surface area is 94.6 Å². The third-order valence-electron chi connectivity index (χ3n) is 2.98. The van der Waals surface area contributed by atoms with Crippen LogP contribution in [0.3, 0.4) is 0 Å². The van der Waals surface area contributed by atoms with Crippen LogP contribution in [-0.2, 0) is 0 Å².